The molecule has 0 saturated carbocycles. The highest BCUT2D eigenvalue weighted by atomic mass is 79.9. The van der Waals surface area contributed by atoms with Gasteiger partial charge in [0.25, 0.3) is 0 Å². The topological polar surface area (TPSA) is 54.9 Å². The first kappa shape index (κ1) is 19.6. The minimum atomic E-state index is 0.669. The van der Waals surface area contributed by atoms with E-state index in [2.05, 4.69) is 50.6 Å². The lowest BCUT2D eigenvalue weighted by Gasteiger charge is -2.12. The third-order valence-electron chi connectivity index (χ3n) is 3.52. The van der Waals surface area contributed by atoms with Crippen molar-refractivity contribution in [1.82, 2.24) is 10.6 Å². The molecule has 0 aliphatic carbocycles. The minimum Gasteiger partial charge on any atom is -0.493 e. The molecule has 0 atom stereocenters. The van der Waals surface area contributed by atoms with Gasteiger partial charge in [0.05, 0.1) is 24.6 Å². The van der Waals surface area contributed by atoms with E-state index in [1.165, 1.54) is 10.4 Å². The molecule has 1 aromatic heterocycles. The van der Waals surface area contributed by atoms with Crippen molar-refractivity contribution in [3.63, 3.8) is 0 Å². The fourth-order valence-corrected chi connectivity index (χ4v) is 3.70. The van der Waals surface area contributed by atoms with Gasteiger partial charge in [-0.1, -0.05) is 6.07 Å². The molecule has 0 spiro atoms. The van der Waals surface area contributed by atoms with E-state index >= 15 is 0 Å². The summed E-state index contributed by atoms with van der Waals surface area (Å²) in [5, 5.41) is 6.65. The van der Waals surface area contributed by atoms with E-state index in [1.54, 1.807) is 25.6 Å². The molecule has 0 unspecified atom stereocenters. The number of halogens is 1. The van der Waals surface area contributed by atoms with Crippen LogP contribution in [0.5, 0.6) is 11.5 Å². The lowest BCUT2D eigenvalue weighted by Crippen LogP contribution is -2.38. The molecule has 0 aliphatic heterocycles. The van der Waals surface area contributed by atoms with Crippen LogP contribution in [0.4, 0.5) is 0 Å². The first-order valence-corrected chi connectivity index (χ1v) is 9.74. The second kappa shape index (κ2) is 10.3. The Kier molecular flexibility index (Phi) is 8.08. The fourth-order valence-electron chi connectivity index (χ4n) is 2.30. The number of ether oxygens (including phenoxy) is 2. The predicted molar refractivity (Wildman–Crippen MR) is 108 cm³/mol. The second-order valence-corrected chi connectivity index (χ2v) is 7.81. The van der Waals surface area contributed by atoms with Gasteiger partial charge in [-0.05, 0) is 59.1 Å². The zero-order valence-corrected chi connectivity index (χ0v) is 17.2. The van der Waals surface area contributed by atoms with Crippen LogP contribution in [0.15, 0.2) is 39.1 Å². The summed E-state index contributed by atoms with van der Waals surface area (Å²) >= 11 is 5.18. The van der Waals surface area contributed by atoms with Gasteiger partial charge in [-0.15, -0.1) is 11.3 Å². The summed E-state index contributed by atoms with van der Waals surface area (Å²) in [5.41, 5.74) is 1.18. The molecule has 0 bridgehead atoms. The van der Waals surface area contributed by atoms with Gasteiger partial charge in [-0.2, -0.15) is 0 Å². The zero-order valence-electron chi connectivity index (χ0n) is 14.8. The lowest BCUT2D eigenvalue weighted by atomic mass is 10.1. The van der Waals surface area contributed by atoms with Crippen LogP contribution in [0.2, 0.25) is 0 Å². The van der Waals surface area contributed by atoms with Gasteiger partial charge in [0.15, 0.2) is 17.5 Å². The highest BCUT2D eigenvalue weighted by Gasteiger charge is 2.05. The molecular weight excluding hydrogens is 402 g/mol. The second-order valence-electron chi connectivity index (χ2n) is 5.27. The molecule has 0 radical (unpaired) electrons. The van der Waals surface area contributed by atoms with Crippen molar-refractivity contribution in [3.8, 4) is 11.5 Å². The van der Waals surface area contributed by atoms with E-state index < -0.39 is 0 Å². The molecule has 0 amide bonds. The summed E-state index contributed by atoms with van der Waals surface area (Å²) < 4.78 is 11.7. The lowest BCUT2D eigenvalue weighted by molar-refractivity contribution is 0.354. The minimum absolute atomic E-state index is 0.669. The molecule has 2 rings (SSSR count). The van der Waals surface area contributed by atoms with Crippen molar-refractivity contribution < 1.29 is 9.47 Å². The number of guanidine groups is 1. The fraction of sp³-hybridized carbons (Fsp3) is 0.389. The number of methoxy groups -OCH3 is 2. The Balaban J connectivity index is 1.90. The Morgan fingerprint density at radius 1 is 1.12 bits per heavy atom. The van der Waals surface area contributed by atoms with Gasteiger partial charge in [-0.25, -0.2) is 4.99 Å². The molecule has 0 saturated heterocycles. The van der Waals surface area contributed by atoms with Gasteiger partial charge in [0, 0.05) is 18.0 Å². The zero-order chi connectivity index (χ0) is 18.1. The number of benzene rings is 1. The van der Waals surface area contributed by atoms with Crippen molar-refractivity contribution in [2.45, 2.75) is 19.9 Å². The van der Waals surface area contributed by atoms with Gasteiger partial charge in [0.2, 0.25) is 0 Å². The normalized spacial score (nSPS) is 11.3. The third-order valence-corrected chi connectivity index (χ3v) is 5.13. The summed E-state index contributed by atoms with van der Waals surface area (Å²) in [7, 11) is 3.29. The smallest absolute Gasteiger partial charge is 0.191 e. The molecule has 0 aliphatic rings. The third kappa shape index (κ3) is 6.25. The van der Waals surface area contributed by atoms with Crippen molar-refractivity contribution in [3.05, 3.63) is 44.6 Å². The monoisotopic (exact) mass is 425 g/mol. The van der Waals surface area contributed by atoms with Crippen molar-refractivity contribution in [2.24, 2.45) is 4.99 Å². The van der Waals surface area contributed by atoms with Crippen LogP contribution in [-0.2, 0) is 13.0 Å². The van der Waals surface area contributed by atoms with E-state index in [0.717, 1.165) is 40.8 Å². The molecule has 1 aromatic carbocycles. The van der Waals surface area contributed by atoms with Crippen LogP contribution in [0, 0.1) is 0 Å². The molecule has 0 fully saturated rings. The Labute approximate surface area is 161 Å². The molecule has 2 N–H and O–H groups in total. The van der Waals surface area contributed by atoms with E-state index in [9.17, 15) is 0 Å². The highest BCUT2D eigenvalue weighted by Crippen LogP contribution is 2.27. The number of nitrogens with zero attached hydrogens (tertiary/aromatic N) is 1. The van der Waals surface area contributed by atoms with E-state index in [0.29, 0.717) is 6.54 Å². The van der Waals surface area contributed by atoms with Crippen LogP contribution < -0.4 is 20.1 Å². The highest BCUT2D eigenvalue weighted by molar-refractivity contribution is 9.11. The SMILES string of the molecule is CCNC(=NCc1ccc(Br)s1)NCCc1ccc(OC)c(OC)c1. The van der Waals surface area contributed by atoms with Crippen LogP contribution in [0.25, 0.3) is 0 Å². The molecule has 1 heterocycles. The molecule has 7 heteroatoms. The van der Waals surface area contributed by atoms with Crippen LogP contribution in [0.3, 0.4) is 0 Å². The average Bonchev–Trinajstić information content (AvgIpc) is 3.04. The van der Waals surface area contributed by atoms with Crippen molar-refractivity contribution >= 4 is 33.2 Å². The van der Waals surface area contributed by atoms with Crippen molar-refractivity contribution in [1.29, 1.82) is 0 Å². The first-order chi connectivity index (χ1) is 12.2. The number of nitrogens with one attached hydrogen (secondary N) is 2. The van der Waals surface area contributed by atoms with Crippen LogP contribution in [0.1, 0.15) is 17.4 Å². The number of thiophene rings is 1. The maximum Gasteiger partial charge on any atom is 0.191 e. The quantitative estimate of drug-likeness (QED) is 0.498. The Hall–Kier alpha value is -1.73. The van der Waals surface area contributed by atoms with Gasteiger partial charge < -0.3 is 20.1 Å². The Morgan fingerprint density at radius 2 is 1.92 bits per heavy atom. The number of hydrogen-bond acceptors (Lipinski definition) is 4. The standard InChI is InChI=1S/C18H24BrN3O2S/c1-4-20-18(22-12-14-6-8-17(19)25-14)21-10-9-13-5-7-15(23-2)16(11-13)24-3/h5-8,11H,4,9-10,12H2,1-3H3,(H2,20,21,22). The largest absolute Gasteiger partial charge is 0.493 e. The molecule has 136 valence electrons. The average molecular weight is 426 g/mol. The Morgan fingerprint density at radius 3 is 2.56 bits per heavy atom. The summed E-state index contributed by atoms with van der Waals surface area (Å²) in [6, 6.07) is 10.1. The van der Waals surface area contributed by atoms with E-state index in [1.807, 2.05) is 18.2 Å². The van der Waals surface area contributed by atoms with Gasteiger partial charge in [-0.3, -0.25) is 0 Å². The number of aliphatic imine (C=N–C) groups is 1. The van der Waals surface area contributed by atoms with Crippen LogP contribution in [-0.4, -0.2) is 33.3 Å². The Bertz CT molecular complexity index is 703. The maximum absolute atomic E-state index is 5.35. The summed E-state index contributed by atoms with van der Waals surface area (Å²) in [4.78, 5) is 5.85. The molecule has 25 heavy (non-hydrogen) atoms. The summed E-state index contributed by atoms with van der Waals surface area (Å²) in [5.74, 6) is 2.33. The number of rotatable bonds is 8. The first-order valence-electron chi connectivity index (χ1n) is 8.13. The maximum atomic E-state index is 5.35. The van der Waals surface area contributed by atoms with E-state index in [-0.39, 0.29) is 0 Å². The van der Waals surface area contributed by atoms with E-state index in [4.69, 9.17) is 9.47 Å². The van der Waals surface area contributed by atoms with Crippen LogP contribution >= 0.6 is 27.3 Å². The van der Waals surface area contributed by atoms with Gasteiger partial charge in [0.1, 0.15) is 0 Å². The summed E-state index contributed by atoms with van der Waals surface area (Å²) in [6.45, 7) is 4.35. The number of hydrogen-bond donors (Lipinski definition) is 2. The molecule has 2 aromatic rings. The predicted octanol–water partition coefficient (Wildman–Crippen LogP) is 3.83. The molecular formula is C18H24BrN3O2S. The summed E-state index contributed by atoms with van der Waals surface area (Å²) in [6.07, 6.45) is 0.870. The van der Waals surface area contributed by atoms with Gasteiger partial charge >= 0.3 is 0 Å². The van der Waals surface area contributed by atoms with Crippen molar-refractivity contribution in [2.75, 3.05) is 27.3 Å². The molecule has 5 nitrogen and oxygen atoms in total.